The van der Waals surface area contributed by atoms with Crippen LogP contribution in [0.1, 0.15) is 10.4 Å². The molecule has 1 fully saturated rings. The first kappa shape index (κ1) is 13.8. The van der Waals surface area contributed by atoms with Crippen molar-refractivity contribution in [3.05, 3.63) is 48.0 Å². The van der Waals surface area contributed by atoms with Gasteiger partial charge < -0.3 is 22.6 Å². The Hall–Kier alpha value is -1.58. The highest BCUT2D eigenvalue weighted by Crippen LogP contribution is 2.17. The van der Waals surface area contributed by atoms with Crippen molar-refractivity contribution in [2.75, 3.05) is 26.2 Å². The number of carbonyl (C=O) groups is 1. The molecule has 3 nitrogen and oxygen atoms in total. The molecule has 19 heavy (non-hydrogen) atoms. The minimum Gasteiger partial charge on any atom is -1.00 e. The molecule has 1 N–H and O–H groups in total. The topological polar surface area (TPSA) is 32.3 Å². The lowest BCUT2D eigenvalue weighted by Crippen LogP contribution is -3.00. The van der Waals surface area contributed by atoms with Gasteiger partial charge in [0.1, 0.15) is 0 Å². The van der Waals surface area contributed by atoms with E-state index >= 15 is 0 Å². The summed E-state index contributed by atoms with van der Waals surface area (Å²) < 4.78 is 0. The van der Waals surface area contributed by atoms with Gasteiger partial charge >= 0.3 is 0 Å². The summed E-state index contributed by atoms with van der Waals surface area (Å²) in [4.78, 5) is 14.3. The fraction of sp³-hybridized carbons (Fsp3) is 0.267. The van der Waals surface area contributed by atoms with Gasteiger partial charge in [-0.3, -0.25) is 4.79 Å². The van der Waals surface area contributed by atoms with Crippen LogP contribution in [0.25, 0.3) is 10.8 Å². The molecular weight excluding hydrogens is 260 g/mol. The predicted molar refractivity (Wildman–Crippen MR) is 72.7 cm³/mol. The van der Waals surface area contributed by atoms with E-state index in [0.29, 0.717) is 0 Å². The Balaban J connectivity index is 0.00000133. The average molecular weight is 276 g/mol. The van der Waals surface area contributed by atoms with Crippen LogP contribution in [0.5, 0.6) is 0 Å². The number of nitrogens with one attached hydrogen (secondary N) is 1. The van der Waals surface area contributed by atoms with E-state index in [1.165, 1.54) is 5.39 Å². The van der Waals surface area contributed by atoms with Gasteiger partial charge in [-0.25, -0.2) is 0 Å². The van der Waals surface area contributed by atoms with Crippen molar-refractivity contribution in [1.82, 2.24) is 10.2 Å². The van der Waals surface area contributed by atoms with Gasteiger partial charge in [-0.2, -0.15) is 0 Å². The van der Waals surface area contributed by atoms with Crippen LogP contribution >= 0.6 is 0 Å². The third-order valence-corrected chi connectivity index (χ3v) is 3.40. The molecule has 1 saturated heterocycles. The number of halogens is 1. The van der Waals surface area contributed by atoms with E-state index in [-0.39, 0.29) is 18.3 Å². The summed E-state index contributed by atoms with van der Waals surface area (Å²) in [6.45, 7) is 3.37. The number of rotatable bonds is 1. The number of piperazine rings is 1. The summed E-state index contributed by atoms with van der Waals surface area (Å²) in [5.41, 5.74) is 0.788. The molecular formula is C15H16ClN2O-. The Labute approximate surface area is 119 Å². The van der Waals surface area contributed by atoms with E-state index in [1.54, 1.807) is 0 Å². The summed E-state index contributed by atoms with van der Waals surface area (Å²) in [5, 5.41) is 5.56. The Morgan fingerprint density at radius 3 is 2.42 bits per heavy atom. The van der Waals surface area contributed by atoms with Gasteiger partial charge in [-0.15, -0.1) is 0 Å². The smallest absolute Gasteiger partial charge is 0.253 e. The zero-order valence-corrected chi connectivity index (χ0v) is 11.4. The van der Waals surface area contributed by atoms with Crippen LogP contribution in [-0.2, 0) is 0 Å². The third kappa shape index (κ3) is 2.88. The van der Waals surface area contributed by atoms with E-state index in [0.717, 1.165) is 37.1 Å². The molecule has 0 spiro atoms. The van der Waals surface area contributed by atoms with Crippen LogP contribution < -0.4 is 17.7 Å². The Morgan fingerprint density at radius 2 is 1.68 bits per heavy atom. The molecule has 2 aromatic carbocycles. The summed E-state index contributed by atoms with van der Waals surface area (Å²) in [7, 11) is 0. The summed E-state index contributed by atoms with van der Waals surface area (Å²) in [6.07, 6.45) is 0. The Morgan fingerprint density at radius 1 is 1.00 bits per heavy atom. The van der Waals surface area contributed by atoms with Crippen LogP contribution in [0.3, 0.4) is 0 Å². The molecule has 1 aliphatic rings. The average Bonchev–Trinajstić information content (AvgIpc) is 2.47. The number of carbonyl (C=O) groups excluding carboxylic acids is 1. The normalized spacial score (nSPS) is 15.1. The lowest BCUT2D eigenvalue weighted by Gasteiger charge is -2.27. The molecule has 3 rings (SSSR count). The molecule has 1 amide bonds. The van der Waals surface area contributed by atoms with Gasteiger partial charge in [-0.1, -0.05) is 30.3 Å². The molecule has 2 aromatic rings. The number of fused-ring (bicyclic) bond motifs is 1. The maximum Gasteiger partial charge on any atom is 0.253 e. The largest absolute Gasteiger partial charge is 1.00 e. The van der Waals surface area contributed by atoms with Crippen LogP contribution in [0.2, 0.25) is 0 Å². The van der Waals surface area contributed by atoms with E-state index in [2.05, 4.69) is 11.4 Å². The molecule has 0 bridgehead atoms. The van der Waals surface area contributed by atoms with Gasteiger partial charge in [0.05, 0.1) is 0 Å². The number of amides is 1. The van der Waals surface area contributed by atoms with Gasteiger partial charge in [-0.05, 0) is 22.9 Å². The molecule has 0 atom stereocenters. The molecule has 0 unspecified atom stereocenters. The molecule has 100 valence electrons. The van der Waals surface area contributed by atoms with Crippen molar-refractivity contribution in [3.63, 3.8) is 0 Å². The fourth-order valence-corrected chi connectivity index (χ4v) is 2.37. The van der Waals surface area contributed by atoms with E-state index < -0.39 is 0 Å². The molecule has 0 radical (unpaired) electrons. The highest BCUT2D eigenvalue weighted by atomic mass is 35.5. The van der Waals surface area contributed by atoms with Crippen molar-refractivity contribution >= 4 is 16.7 Å². The summed E-state index contributed by atoms with van der Waals surface area (Å²) in [6, 6.07) is 14.1. The first-order valence-electron chi connectivity index (χ1n) is 6.33. The maximum absolute atomic E-state index is 12.3. The van der Waals surface area contributed by atoms with Gasteiger partial charge in [0.2, 0.25) is 0 Å². The molecule has 0 aliphatic carbocycles. The van der Waals surface area contributed by atoms with Crippen molar-refractivity contribution in [2.24, 2.45) is 0 Å². The number of hydrogen-bond donors (Lipinski definition) is 1. The Kier molecular flexibility index (Phi) is 4.40. The molecule has 0 aromatic heterocycles. The lowest BCUT2D eigenvalue weighted by molar-refractivity contribution is -0.0000133. The van der Waals surface area contributed by atoms with Crippen LogP contribution in [0.15, 0.2) is 42.5 Å². The number of benzene rings is 2. The van der Waals surface area contributed by atoms with E-state index in [1.807, 2.05) is 41.3 Å². The second kappa shape index (κ2) is 6.04. The first-order valence-corrected chi connectivity index (χ1v) is 6.33. The molecule has 1 heterocycles. The van der Waals surface area contributed by atoms with Crippen molar-refractivity contribution in [2.45, 2.75) is 0 Å². The SMILES string of the molecule is O=C(c1ccc2ccccc2c1)N1CCNCC1.[Cl-]. The fourth-order valence-electron chi connectivity index (χ4n) is 2.37. The summed E-state index contributed by atoms with van der Waals surface area (Å²) >= 11 is 0. The second-order valence-electron chi connectivity index (χ2n) is 4.60. The predicted octanol–water partition coefficient (Wildman–Crippen LogP) is -1.11. The van der Waals surface area contributed by atoms with Gasteiger partial charge in [0.15, 0.2) is 0 Å². The minimum atomic E-state index is 0. The molecule has 4 heteroatoms. The quantitative estimate of drug-likeness (QED) is 0.716. The molecule has 0 saturated carbocycles. The molecule has 1 aliphatic heterocycles. The standard InChI is InChI=1S/C15H16N2O.ClH/c18-15(17-9-7-16-8-10-17)14-6-5-12-3-1-2-4-13(12)11-14;/h1-6,11,16H,7-10H2;1H/p-1. The van der Waals surface area contributed by atoms with Crippen molar-refractivity contribution < 1.29 is 17.2 Å². The van der Waals surface area contributed by atoms with E-state index in [4.69, 9.17) is 0 Å². The van der Waals surface area contributed by atoms with Crippen molar-refractivity contribution in [1.29, 1.82) is 0 Å². The van der Waals surface area contributed by atoms with Gasteiger partial charge in [0, 0.05) is 31.7 Å². The lowest BCUT2D eigenvalue weighted by atomic mass is 10.1. The monoisotopic (exact) mass is 275 g/mol. The second-order valence-corrected chi connectivity index (χ2v) is 4.60. The maximum atomic E-state index is 12.3. The zero-order valence-electron chi connectivity index (χ0n) is 10.6. The van der Waals surface area contributed by atoms with Crippen LogP contribution in [-0.4, -0.2) is 37.0 Å². The van der Waals surface area contributed by atoms with Crippen LogP contribution in [0.4, 0.5) is 0 Å². The van der Waals surface area contributed by atoms with Crippen LogP contribution in [0, 0.1) is 0 Å². The first-order chi connectivity index (χ1) is 8.84. The Bertz CT molecular complexity index is 579. The minimum absolute atomic E-state index is 0. The van der Waals surface area contributed by atoms with Crippen molar-refractivity contribution in [3.8, 4) is 0 Å². The summed E-state index contributed by atoms with van der Waals surface area (Å²) in [5.74, 6) is 0.141. The highest BCUT2D eigenvalue weighted by Gasteiger charge is 2.17. The third-order valence-electron chi connectivity index (χ3n) is 3.40. The number of hydrogen-bond acceptors (Lipinski definition) is 2. The number of nitrogens with zero attached hydrogens (tertiary/aromatic N) is 1. The van der Waals surface area contributed by atoms with Gasteiger partial charge in [0.25, 0.3) is 5.91 Å². The highest BCUT2D eigenvalue weighted by molar-refractivity contribution is 5.98. The van der Waals surface area contributed by atoms with E-state index in [9.17, 15) is 4.79 Å². The zero-order chi connectivity index (χ0) is 12.4.